The fraction of sp³-hybridized carbons (Fsp3) is 0.375. The van der Waals surface area contributed by atoms with E-state index in [1.54, 1.807) is 0 Å². The number of hydrogen-bond acceptors (Lipinski definition) is 3. The molecule has 1 aliphatic heterocycles. The van der Waals surface area contributed by atoms with E-state index in [1.165, 1.54) is 0 Å². The van der Waals surface area contributed by atoms with Gasteiger partial charge in [-0.05, 0) is 42.7 Å². The summed E-state index contributed by atoms with van der Waals surface area (Å²) in [4.78, 5) is 12.8. The van der Waals surface area contributed by atoms with Crippen molar-refractivity contribution in [3.63, 3.8) is 0 Å². The topological polar surface area (TPSA) is 46.5 Å². The molecule has 0 fully saturated rings. The molecule has 1 N–H and O–H groups in total. The second-order valence-corrected chi connectivity index (χ2v) is 7.77. The van der Waals surface area contributed by atoms with Gasteiger partial charge < -0.3 is 9.84 Å². The Balaban J connectivity index is 1.84. The summed E-state index contributed by atoms with van der Waals surface area (Å²) < 4.78 is 6.03. The summed E-state index contributed by atoms with van der Waals surface area (Å²) in [7, 11) is 0. The second-order valence-electron chi connectivity index (χ2n) is 7.77. The third-order valence-corrected chi connectivity index (χ3v) is 5.27. The van der Waals surface area contributed by atoms with E-state index >= 15 is 0 Å². The van der Waals surface area contributed by atoms with Gasteiger partial charge in [0.25, 0.3) is 0 Å². The predicted molar refractivity (Wildman–Crippen MR) is 107 cm³/mol. The van der Waals surface area contributed by atoms with Crippen molar-refractivity contribution < 1.29 is 14.6 Å². The molecule has 0 spiro atoms. The fourth-order valence-electron chi connectivity index (χ4n) is 3.64. The van der Waals surface area contributed by atoms with Crippen LogP contribution in [0.15, 0.2) is 72.0 Å². The molecule has 1 unspecified atom stereocenters. The van der Waals surface area contributed by atoms with Crippen LogP contribution in [-0.2, 0) is 21.6 Å². The Labute approximate surface area is 161 Å². The van der Waals surface area contributed by atoms with Gasteiger partial charge in [0.05, 0.1) is 5.57 Å². The standard InChI is InChI=1S/C24H28O3/c1-18(2)15-16-24(20-11-7-4-8-12-20)17-22(25)21(23(26)27-24)14-13-19-9-5-3-6-10-19/h3-12,18,25H,13-17H2,1-2H3. The van der Waals surface area contributed by atoms with Crippen molar-refractivity contribution in [1.82, 2.24) is 0 Å². The molecular formula is C24H28O3. The average Bonchev–Trinajstić information content (AvgIpc) is 2.67. The maximum atomic E-state index is 12.8. The van der Waals surface area contributed by atoms with Gasteiger partial charge in [-0.1, -0.05) is 74.5 Å². The number of aliphatic hydroxyl groups excluding tert-OH is 1. The first-order chi connectivity index (χ1) is 13.0. The van der Waals surface area contributed by atoms with Gasteiger partial charge in [0.2, 0.25) is 0 Å². The average molecular weight is 364 g/mol. The molecule has 3 rings (SSSR count). The number of hydrogen-bond donors (Lipinski definition) is 1. The maximum Gasteiger partial charge on any atom is 0.338 e. The van der Waals surface area contributed by atoms with Gasteiger partial charge in [-0.2, -0.15) is 0 Å². The SMILES string of the molecule is CC(C)CCC1(c2ccccc2)CC(O)=C(CCc2ccccc2)C(=O)O1. The van der Waals surface area contributed by atoms with Crippen LogP contribution in [0.25, 0.3) is 0 Å². The van der Waals surface area contributed by atoms with Gasteiger partial charge in [-0.15, -0.1) is 0 Å². The van der Waals surface area contributed by atoms with Gasteiger partial charge >= 0.3 is 5.97 Å². The molecule has 0 amide bonds. The van der Waals surface area contributed by atoms with Crippen LogP contribution in [0.3, 0.4) is 0 Å². The lowest BCUT2D eigenvalue weighted by Gasteiger charge is -2.38. The smallest absolute Gasteiger partial charge is 0.338 e. The molecule has 1 aliphatic rings. The Kier molecular flexibility index (Phi) is 6.00. The van der Waals surface area contributed by atoms with Crippen LogP contribution < -0.4 is 0 Å². The highest BCUT2D eigenvalue weighted by atomic mass is 16.6. The number of aryl methyl sites for hydroxylation is 1. The van der Waals surface area contributed by atoms with E-state index in [-0.39, 0.29) is 11.7 Å². The lowest BCUT2D eigenvalue weighted by atomic mass is 9.80. The van der Waals surface area contributed by atoms with Crippen molar-refractivity contribution in [2.75, 3.05) is 0 Å². The summed E-state index contributed by atoms with van der Waals surface area (Å²) in [5, 5.41) is 10.8. The van der Waals surface area contributed by atoms with Crippen LogP contribution >= 0.6 is 0 Å². The number of aliphatic hydroxyl groups is 1. The lowest BCUT2D eigenvalue weighted by Crippen LogP contribution is -2.38. The summed E-state index contributed by atoms with van der Waals surface area (Å²) in [6.07, 6.45) is 3.17. The van der Waals surface area contributed by atoms with Gasteiger partial charge in [0.15, 0.2) is 0 Å². The summed E-state index contributed by atoms with van der Waals surface area (Å²) in [6, 6.07) is 19.8. The van der Waals surface area contributed by atoms with Gasteiger partial charge in [-0.3, -0.25) is 0 Å². The minimum absolute atomic E-state index is 0.176. The van der Waals surface area contributed by atoms with Crippen molar-refractivity contribution in [3.8, 4) is 0 Å². The van der Waals surface area contributed by atoms with Gasteiger partial charge in [0.1, 0.15) is 11.4 Å². The summed E-state index contributed by atoms with van der Waals surface area (Å²) in [6.45, 7) is 4.31. The van der Waals surface area contributed by atoms with Crippen LogP contribution in [0.4, 0.5) is 0 Å². The van der Waals surface area contributed by atoms with E-state index in [0.717, 1.165) is 17.5 Å². The van der Waals surface area contributed by atoms with Crippen molar-refractivity contribution >= 4 is 5.97 Å². The molecule has 2 aromatic rings. The highest BCUT2D eigenvalue weighted by Gasteiger charge is 2.42. The largest absolute Gasteiger partial charge is 0.512 e. The number of carbonyl (C=O) groups is 1. The fourth-order valence-corrected chi connectivity index (χ4v) is 3.64. The number of benzene rings is 2. The van der Waals surface area contributed by atoms with Crippen LogP contribution in [0.1, 0.15) is 50.7 Å². The van der Waals surface area contributed by atoms with Crippen molar-refractivity contribution in [3.05, 3.63) is 83.1 Å². The summed E-state index contributed by atoms with van der Waals surface area (Å²) >= 11 is 0. The second kappa shape index (κ2) is 8.43. The van der Waals surface area contributed by atoms with Gasteiger partial charge in [-0.25, -0.2) is 4.79 Å². The van der Waals surface area contributed by atoms with Crippen LogP contribution in [-0.4, -0.2) is 11.1 Å². The van der Waals surface area contributed by atoms with Crippen LogP contribution in [0, 0.1) is 5.92 Å². The molecule has 0 aromatic heterocycles. The Morgan fingerprint density at radius 3 is 2.22 bits per heavy atom. The number of cyclic esters (lactones) is 1. The Morgan fingerprint density at radius 1 is 1.00 bits per heavy atom. The van der Waals surface area contributed by atoms with E-state index in [9.17, 15) is 9.90 Å². The molecule has 0 radical (unpaired) electrons. The molecule has 2 aromatic carbocycles. The zero-order valence-electron chi connectivity index (χ0n) is 16.2. The number of carbonyl (C=O) groups excluding carboxylic acids is 1. The first-order valence-electron chi connectivity index (χ1n) is 9.74. The zero-order chi connectivity index (χ0) is 19.3. The maximum absolute atomic E-state index is 12.8. The molecule has 142 valence electrons. The molecule has 3 heteroatoms. The molecule has 1 atom stereocenters. The Bertz CT molecular complexity index is 793. The first kappa shape index (κ1) is 19.2. The summed E-state index contributed by atoms with van der Waals surface area (Å²) in [5.74, 6) is 0.284. The number of esters is 1. The molecule has 3 nitrogen and oxygen atoms in total. The molecule has 0 bridgehead atoms. The van der Waals surface area contributed by atoms with Crippen molar-refractivity contribution in [2.24, 2.45) is 5.92 Å². The third-order valence-electron chi connectivity index (χ3n) is 5.27. The molecule has 0 aliphatic carbocycles. The quantitative estimate of drug-likeness (QED) is 0.640. The van der Waals surface area contributed by atoms with Crippen LogP contribution in [0.5, 0.6) is 0 Å². The summed E-state index contributed by atoms with van der Waals surface area (Å²) in [5.41, 5.74) is 1.73. The normalized spacial score (nSPS) is 20.0. The molecule has 0 saturated carbocycles. The van der Waals surface area contributed by atoms with Crippen LogP contribution in [0.2, 0.25) is 0 Å². The number of ether oxygens (including phenoxy) is 1. The molecule has 0 saturated heterocycles. The zero-order valence-corrected chi connectivity index (χ0v) is 16.2. The molecule has 1 heterocycles. The molecular weight excluding hydrogens is 336 g/mol. The van der Waals surface area contributed by atoms with E-state index in [2.05, 4.69) is 13.8 Å². The lowest BCUT2D eigenvalue weighted by molar-refractivity contribution is -0.162. The number of rotatable bonds is 7. The van der Waals surface area contributed by atoms with Crippen molar-refractivity contribution in [1.29, 1.82) is 0 Å². The monoisotopic (exact) mass is 364 g/mol. The molecule has 27 heavy (non-hydrogen) atoms. The van der Waals surface area contributed by atoms with E-state index in [4.69, 9.17) is 4.74 Å². The predicted octanol–water partition coefficient (Wildman–Crippen LogP) is 5.71. The highest BCUT2D eigenvalue weighted by molar-refractivity contribution is 5.90. The Hall–Kier alpha value is -2.55. The van der Waals surface area contributed by atoms with Crippen molar-refractivity contribution in [2.45, 2.75) is 51.6 Å². The van der Waals surface area contributed by atoms with E-state index < -0.39 is 5.60 Å². The first-order valence-corrected chi connectivity index (χ1v) is 9.74. The van der Waals surface area contributed by atoms with Gasteiger partial charge in [0, 0.05) is 6.42 Å². The highest BCUT2D eigenvalue weighted by Crippen LogP contribution is 2.42. The van der Waals surface area contributed by atoms with E-state index in [0.29, 0.717) is 37.2 Å². The van der Waals surface area contributed by atoms with E-state index in [1.807, 2.05) is 60.7 Å². The minimum Gasteiger partial charge on any atom is -0.512 e. The third kappa shape index (κ3) is 4.60. The Morgan fingerprint density at radius 2 is 1.63 bits per heavy atom. The minimum atomic E-state index is -0.775.